The standard InChI is InChI=1S/C25H29ClN4O3/c1-3-33-24(31)22-21(27-25(32)28-23(22)18-9-7-17(2)8-10-18)16-29-11-13-30(14-12-29)20-6-4-5-19(26)15-20/h4-10,15,23H,3,11-14,16H2,1-2H3,(H2,27,28,32). The lowest BCUT2D eigenvalue weighted by Crippen LogP contribution is -2.51. The minimum atomic E-state index is -0.554. The summed E-state index contributed by atoms with van der Waals surface area (Å²) in [6.07, 6.45) is 0. The number of aryl methyl sites for hydroxylation is 1. The Morgan fingerprint density at radius 2 is 1.85 bits per heavy atom. The predicted octanol–water partition coefficient (Wildman–Crippen LogP) is 3.64. The Kier molecular flexibility index (Phi) is 7.20. The largest absolute Gasteiger partial charge is 0.463 e. The van der Waals surface area contributed by atoms with Crippen LogP contribution in [0.3, 0.4) is 0 Å². The molecule has 1 atom stereocenters. The molecule has 2 amide bonds. The predicted molar refractivity (Wildman–Crippen MR) is 129 cm³/mol. The molecule has 4 rings (SSSR count). The van der Waals surface area contributed by atoms with Crippen molar-refractivity contribution in [1.82, 2.24) is 15.5 Å². The summed E-state index contributed by atoms with van der Waals surface area (Å²) in [5.74, 6) is -0.414. The molecular weight excluding hydrogens is 440 g/mol. The van der Waals surface area contributed by atoms with Gasteiger partial charge in [-0.25, -0.2) is 9.59 Å². The number of amides is 2. The highest BCUT2D eigenvalue weighted by Gasteiger charge is 2.34. The maximum atomic E-state index is 13.0. The van der Waals surface area contributed by atoms with Gasteiger partial charge in [-0.05, 0) is 37.6 Å². The second-order valence-electron chi connectivity index (χ2n) is 8.30. The molecule has 0 radical (unpaired) electrons. The number of piperazine rings is 1. The minimum Gasteiger partial charge on any atom is -0.463 e. The van der Waals surface area contributed by atoms with E-state index in [2.05, 4.69) is 26.5 Å². The number of nitrogens with zero attached hydrogens (tertiary/aromatic N) is 2. The topological polar surface area (TPSA) is 73.9 Å². The van der Waals surface area contributed by atoms with Crippen molar-refractivity contribution in [2.45, 2.75) is 19.9 Å². The van der Waals surface area contributed by atoms with Gasteiger partial charge in [-0.3, -0.25) is 4.90 Å². The number of nitrogens with one attached hydrogen (secondary N) is 2. The van der Waals surface area contributed by atoms with Crippen molar-refractivity contribution in [2.75, 3.05) is 44.2 Å². The smallest absolute Gasteiger partial charge is 0.338 e. The number of benzene rings is 2. The first-order valence-electron chi connectivity index (χ1n) is 11.2. The van der Waals surface area contributed by atoms with Crippen molar-refractivity contribution in [3.63, 3.8) is 0 Å². The molecule has 2 aliphatic heterocycles. The highest BCUT2D eigenvalue weighted by Crippen LogP contribution is 2.29. The maximum absolute atomic E-state index is 13.0. The molecule has 2 aromatic carbocycles. The van der Waals surface area contributed by atoms with Crippen LogP contribution in [0.1, 0.15) is 24.1 Å². The molecule has 33 heavy (non-hydrogen) atoms. The molecule has 1 fully saturated rings. The molecule has 0 saturated carbocycles. The van der Waals surface area contributed by atoms with E-state index in [9.17, 15) is 9.59 Å². The van der Waals surface area contributed by atoms with Crippen LogP contribution in [0.15, 0.2) is 59.8 Å². The van der Waals surface area contributed by atoms with E-state index in [1.807, 2.05) is 49.4 Å². The van der Waals surface area contributed by atoms with Crippen LogP contribution in [-0.2, 0) is 9.53 Å². The Morgan fingerprint density at radius 1 is 1.12 bits per heavy atom. The molecule has 2 heterocycles. The lowest BCUT2D eigenvalue weighted by atomic mass is 9.94. The molecule has 0 spiro atoms. The molecule has 0 aromatic heterocycles. The summed E-state index contributed by atoms with van der Waals surface area (Å²) < 4.78 is 5.37. The van der Waals surface area contributed by atoms with Crippen LogP contribution < -0.4 is 15.5 Å². The minimum absolute atomic E-state index is 0.266. The van der Waals surface area contributed by atoms with Crippen molar-refractivity contribution in [1.29, 1.82) is 0 Å². The molecule has 8 heteroatoms. The normalized spacial score (nSPS) is 19.2. The number of carbonyl (C=O) groups excluding carboxylic acids is 2. The van der Waals surface area contributed by atoms with Gasteiger partial charge in [0.05, 0.1) is 18.2 Å². The van der Waals surface area contributed by atoms with E-state index in [0.717, 1.165) is 48.0 Å². The van der Waals surface area contributed by atoms with E-state index in [0.29, 0.717) is 17.8 Å². The molecule has 1 saturated heterocycles. The summed E-state index contributed by atoms with van der Waals surface area (Å²) in [6, 6.07) is 14.8. The molecule has 2 aromatic rings. The molecule has 2 aliphatic rings. The monoisotopic (exact) mass is 468 g/mol. The van der Waals surface area contributed by atoms with Gasteiger partial charge in [0.25, 0.3) is 0 Å². The number of halogens is 1. The summed E-state index contributed by atoms with van der Waals surface area (Å²) in [7, 11) is 0. The van der Waals surface area contributed by atoms with Crippen molar-refractivity contribution in [3.05, 3.63) is 76.0 Å². The van der Waals surface area contributed by atoms with Crippen molar-refractivity contribution in [3.8, 4) is 0 Å². The van der Waals surface area contributed by atoms with Gasteiger partial charge in [-0.2, -0.15) is 0 Å². The van der Waals surface area contributed by atoms with Gasteiger partial charge in [0.1, 0.15) is 0 Å². The molecule has 2 N–H and O–H groups in total. The van der Waals surface area contributed by atoms with Crippen molar-refractivity contribution >= 4 is 29.3 Å². The van der Waals surface area contributed by atoms with Gasteiger partial charge >= 0.3 is 12.0 Å². The van der Waals surface area contributed by atoms with Gasteiger partial charge in [0, 0.05) is 49.1 Å². The molecule has 174 valence electrons. The third kappa shape index (κ3) is 5.49. The highest BCUT2D eigenvalue weighted by atomic mass is 35.5. The van der Waals surface area contributed by atoms with Crippen molar-refractivity contribution < 1.29 is 14.3 Å². The summed E-state index contributed by atoms with van der Waals surface area (Å²) in [6.45, 7) is 7.77. The third-order valence-electron chi connectivity index (χ3n) is 5.99. The quantitative estimate of drug-likeness (QED) is 0.633. The number of carbonyl (C=O) groups is 2. The van der Waals surface area contributed by atoms with Crippen LogP contribution >= 0.6 is 11.6 Å². The first-order chi connectivity index (χ1) is 15.9. The fourth-order valence-electron chi connectivity index (χ4n) is 4.26. The number of rotatable bonds is 6. The number of anilines is 1. The van der Waals surface area contributed by atoms with Gasteiger partial charge in [0.2, 0.25) is 0 Å². The Hall–Kier alpha value is -3.03. The number of urea groups is 1. The second-order valence-corrected chi connectivity index (χ2v) is 8.73. The first kappa shape index (κ1) is 23.1. The van der Waals surface area contributed by atoms with Crippen molar-refractivity contribution in [2.24, 2.45) is 0 Å². The zero-order valence-electron chi connectivity index (χ0n) is 18.9. The molecular formula is C25H29ClN4O3. The molecule has 7 nitrogen and oxygen atoms in total. The van der Waals surface area contributed by atoms with Crippen LogP contribution in [0.5, 0.6) is 0 Å². The lowest BCUT2D eigenvalue weighted by Gasteiger charge is -2.38. The summed E-state index contributed by atoms with van der Waals surface area (Å²) in [5, 5.41) is 6.49. The van der Waals surface area contributed by atoms with Crippen LogP contribution in [0.25, 0.3) is 0 Å². The SMILES string of the molecule is CCOC(=O)C1=C(CN2CCN(c3cccc(Cl)c3)CC2)NC(=O)NC1c1ccc(C)cc1. The van der Waals surface area contributed by atoms with E-state index in [1.165, 1.54) is 0 Å². The number of ether oxygens (including phenoxy) is 1. The summed E-state index contributed by atoms with van der Waals surface area (Å²) in [5.41, 5.74) is 4.11. The third-order valence-corrected chi connectivity index (χ3v) is 6.22. The van der Waals surface area contributed by atoms with Crippen LogP contribution in [0, 0.1) is 6.92 Å². The summed E-state index contributed by atoms with van der Waals surface area (Å²) >= 11 is 6.15. The van der Waals surface area contributed by atoms with E-state index >= 15 is 0 Å². The van der Waals surface area contributed by atoms with E-state index < -0.39 is 12.0 Å². The summed E-state index contributed by atoms with van der Waals surface area (Å²) in [4.78, 5) is 30.0. The van der Waals surface area contributed by atoms with Crippen LogP contribution in [-0.4, -0.2) is 56.2 Å². The highest BCUT2D eigenvalue weighted by molar-refractivity contribution is 6.30. The first-order valence-corrected chi connectivity index (χ1v) is 11.6. The number of hydrogen-bond donors (Lipinski definition) is 2. The average Bonchev–Trinajstić information content (AvgIpc) is 2.80. The zero-order chi connectivity index (χ0) is 23.4. The zero-order valence-corrected chi connectivity index (χ0v) is 19.7. The van der Waals surface area contributed by atoms with Gasteiger partial charge in [0.15, 0.2) is 0 Å². The Bertz CT molecular complexity index is 1050. The number of hydrogen-bond acceptors (Lipinski definition) is 5. The van der Waals surface area contributed by atoms with Crippen LogP contribution in [0.2, 0.25) is 5.02 Å². The Morgan fingerprint density at radius 3 is 2.52 bits per heavy atom. The van der Waals surface area contributed by atoms with E-state index in [1.54, 1.807) is 6.92 Å². The van der Waals surface area contributed by atoms with E-state index in [-0.39, 0.29) is 12.6 Å². The van der Waals surface area contributed by atoms with Gasteiger partial charge < -0.3 is 20.3 Å². The maximum Gasteiger partial charge on any atom is 0.338 e. The number of esters is 1. The molecule has 1 unspecified atom stereocenters. The molecule has 0 bridgehead atoms. The van der Waals surface area contributed by atoms with Crippen LogP contribution in [0.4, 0.5) is 10.5 Å². The second kappa shape index (κ2) is 10.3. The Labute approximate surface area is 199 Å². The average molecular weight is 469 g/mol. The molecule has 0 aliphatic carbocycles. The lowest BCUT2D eigenvalue weighted by molar-refractivity contribution is -0.139. The fourth-order valence-corrected chi connectivity index (χ4v) is 4.45. The van der Waals surface area contributed by atoms with E-state index in [4.69, 9.17) is 16.3 Å². The fraction of sp³-hybridized carbons (Fsp3) is 0.360. The van der Waals surface area contributed by atoms with Gasteiger partial charge in [-0.15, -0.1) is 0 Å². The Balaban J connectivity index is 1.55. The van der Waals surface area contributed by atoms with Gasteiger partial charge in [-0.1, -0.05) is 47.5 Å².